The standard InChI is InChI=1S/C17H18FN3/c1-11-19-9-15-16(20-11)8-14-5-6-17(15)21(14)10-12-3-2-4-13(18)7-12/h2-4,7,9,14,17H,5-6,8,10H2,1H3/t14-,17-/m0/s1. The first-order valence-corrected chi connectivity index (χ1v) is 7.53. The minimum absolute atomic E-state index is 0.156. The lowest BCUT2D eigenvalue weighted by atomic mass is 9.98. The molecule has 3 nitrogen and oxygen atoms in total. The fourth-order valence-corrected chi connectivity index (χ4v) is 3.77. The first-order chi connectivity index (χ1) is 10.2. The highest BCUT2D eigenvalue weighted by molar-refractivity contribution is 5.29. The van der Waals surface area contributed by atoms with Crippen LogP contribution in [0.15, 0.2) is 30.5 Å². The Morgan fingerprint density at radius 1 is 1.33 bits per heavy atom. The minimum atomic E-state index is -0.156. The smallest absolute Gasteiger partial charge is 0.125 e. The summed E-state index contributed by atoms with van der Waals surface area (Å²) in [4.78, 5) is 11.5. The van der Waals surface area contributed by atoms with Crippen molar-refractivity contribution in [3.63, 3.8) is 0 Å². The average Bonchev–Trinajstić information content (AvgIpc) is 2.73. The second-order valence-electron chi connectivity index (χ2n) is 6.07. The predicted octanol–water partition coefficient (Wildman–Crippen LogP) is 3.19. The molecule has 2 aliphatic heterocycles. The zero-order valence-electron chi connectivity index (χ0n) is 12.1. The highest BCUT2D eigenvalue weighted by Crippen LogP contribution is 2.43. The molecule has 0 radical (unpaired) electrons. The van der Waals surface area contributed by atoms with E-state index in [9.17, 15) is 4.39 Å². The molecule has 108 valence electrons. The van der Waals surface area contributed by atoms with Gasteiger partial charge >= 0.3 is 0 Å². The Bertz CT molecular complexity index is 685. The van der Waals surface area contributed by atoms with Gasteiger partial charge in [0.2, 0.25) is 0 Å². The SMILES string of the molecule is Cc1ncc2c(n1)C[C@@H]1CC[C@@H]2N1Cc1cccc(F)c1. The molecule has 0 amide bonds. The van der Waals surface area contributed by atoms with Crippen LogP contribution in [0.1, 0.15) is 41.5 Å². The van der Waals surface area contributed by atoms with Crippen molar-refractivity contribution in [1.82, 2.24) is 14.9 Å². The number of aryl methyl sites for hydroxylation is 1. The molecule has 0 spiro atoms. The van der Waals surface area contributed by atoms with Gasteiger partial charge in [-0.15, -0.1) is 0 Å². The molecule has 21 heavy (non-hydrogen) atoms. The van der Waals surface area contributed by atoms with Gasteiger partial charge in [-0.2, -0.15) is 0 Å². The van der Waals surface area contributed by atoms with E-state index < -0.39 is 0 Å². The lowest BCUT2D eigenvalue weighted by Gasteiger charge is -2.35. The maximum absolute atomic E-state index is 13.4. The van der Waals surface area contributed by atoms with E-state index in [2.05, 4.69) is 14.9 Å². The summed E-state index contributed by atoms with van der Waals surface area (Å²) in [5.74, 6) is 0.697. The van der Waals surface area contributed by atoms with Crippen LogP contribution in [0.5, 0.6) is 0 Å². The van der Waals surface area contributed by atoms with Crippen LogP contribution >= 0.6 is 0 Å². The lowest BCUT2D eigenvalue weighted by molar-refractivity contribution is 0.166. The second-order valence-corrected chi connectivity index (χ2v) is 6.07. The molecule has 4 rings (SSSR count). The van der Waals surface area contributed by atoms with Gasteiger partial charge in [-0.05, 0) is 37.5 Å². The van der Waals surface area contributed by atoms with E-state index in [1.54, 1.807) is 12.1 Å². The zero-order valence-corrected chi connectivity index (χ0v) is 12.1. The molecule has 0 unspecified atom stereocenters. The summed E-state index contributed by atoms with van der Waals surface area (Å²) in [5, 5.41) is 0. The molecular formula is C17H18FN3. The Morgan fingerprint density at radius 2 is 2.24 bits per heavy atom. The molecule has 4 heteroatoms. The van der Waals surface area contributed by atoms with E-state index in [1.807, 2.05) is 19.2 Å². The number of benzene rings is 1. The third-order valence-electron chi connectivity index (χ3n) is 4.71. The van der Waals surface area contributed by atoms with Gasteiger partial charge in [-0.3, -0.25) is 4.90 Å². The summed E-state index contributed by atoms with van der Waals surface area (Å²) in [5.41, 5.74) is 3.53. The quantitative estimate of drug-likeness (QED) is 0.847. The average molecular weight is 283 g/mol. The van der Waals surface area contributed by atoms with Gasteiger partial charge in [0, 0.05) is 36.8 Å². The first-order valence-electron chi connectivity index (χ1n) is 7.53. The highest BCUT2D eigenvalue weighted by Gasteiger charge is 2.40. The topological polar surface area (TPSA) is 29.0 Å². The minimum Gasteiger partial charge on any atom is -0.289 e. The van der Waals surface area contributed by atoms with Crippen molar-refractivity contribution in [2.75, 3.05) is 0 Å². The predicted molar refractivity (Wildman–Crippen MR) is 78.2 cm³/mol. The number of fused-ring (bicyclic) bond motifs is 4. The fraction of sp³-hybridized carbons (Fsp3) is 0.412. The van der Waals surface area contributed by atoms with Crippen LogP contribution in [-0.2, 0) is 13.0 Å². The van der Waals surface area contributed by atoms with Gasteiger partial charge in [0.05, 0.1) is 5.69 Å². The molecule has 2 aromatic rings. The van der Waals surface area contributed by atoms with Crippen molar-refractivity contribution in [2.24, 2.45) is 0 Å². The molecule has 1 fully saturated rings. The monoisotopic (exact) mass is 283 g/mol. The van der Waals surface area contributed by atoms with Crippen molar-refractivity contribution < 1.29 is 4.39 Å². The fourth-order valence-electron chi connectivity index (χ4n) is 3.77. The molecule has 0 aliphatic carbocycles. The summed E-state index contributed by atoms with van der Waals surface area (Å²) >= 11 is 0. The van der Waals surface area contributed by atoms with Gasteiger partial charge in [-0.25, -0.2) is 14.4 Å². The van der Waals surface area contributed by atoms with E-state index in [-0.39, 0.29) is 5.82 Å². The zero-order chi connectivity index (χ0) is 14.4. The van der Waals surface area contributed by atoms with Crippen molar-refractivity contribution in [3.05, 3.63) is 58.9 Å². The van der Waals surface area contributed by atoms with Crippen LogP contribution < -0.4 is 0 Å². The van der Waals surface area contributed by atoms with E-state index in [4.69, 9.17) is 0 Å². The van der Waals surface area contributed by atoms with Crippen LogP contribution in [0.4, 0.5) is 4.39 Å². The van der Waals surface area contributed by atoms with Crippen LogP contribution in [-0.4, -0.2) is 20.9 Å². The number of hydrogen-bond donors (Lipinski definition) is 0. The van der Waals surface area contributed by atoms with E-state index >= 15 is 0 Å². The molecule has 1 aromatic carbocycles. The van der Waals surface area contributed by atoms with Gasteiger partial charge in [0.15, 0.2) is 0 Å². The normalized spacial score (nSPS) is 24.1. The first kappa shape index (κ1) is 12.9. The third kappa shape index (κ3) is 2.23. The number of hydrogen-bond acceptors (Lipinski definition) is 3. The van der Waals surface area contributed by atoms with Gasteiger partial charge < -0.3 is 0 Å². The van der Waals surface area contributed by atoms with Crippen molar-refractivity contribution >= 4 is 0 Å². The van der Waals surface area contributed by atoms with Crippen LogP contribution in [0.2, 0.25) is 0 Å². The molecule has 2 aliphatic rings. The Balaban J connectivity index is 1.65. The second kappa shape index (κ2) is 4.88. The summed E-state index contributed by atoms with van der Waals surface area (Å²) in [7, 11) is 0. The number of rotatable bonds is 2. The summed E-state index contributed by atoms with van der Waals surface area (Å²) < 4.78 is 13.4. The Hall–Kier alpha value is -1.81. The summed E-state index contributed by atoms with van der Waals surface area (Å²) in [6, 6.07) is 7.85. The van der Waals surface area contributed by atoms with E-state index in [0.717, 1.165) is 30.8 Å². The van der Waals surface area contributed by atoms with E-state index in [0.29, 0.717) is 12.1 Å². The van der Waals surface area contributed by atoms with Crippen molar-refractivity contribution in [1.29, 1.82) is 0 Å². The molecule has 1 saturated heterocycles. The maximum Gasteiger partial charge on any atom is 0.125 e. The molecular weight excluding hydrogens is 265 g/mol. The molecule has 2 bridgehead atoms. The summed E-state index contributed by atoms with van der Waals surface area (Å²) in [6.45, 7) is 2.75. The van der Waals surface area contributed by atoms with Crippen molar-refractivity contribution in [3.8, 4) is 0 Å². The van der Waals surface area contributed by atoms with Gasteiger partial charge in [-0.1, -0.05) is 12.1 Å². The molecule has 2 atom stereocenters. The Morgan fingerprint density at radius 3 is 3.10 bits per heavy atom. The lowest BCUT2D eigenvalue weighted by Crippen LogP contribution is -2.37. The Kier molecular flexibility index (Phi) is 3.00. The van der Waals surface area contributed by atoms with Gasteiger partial charge in [0.1, 0.15) is 11.6 Å². The molecule has 3 heterocycles. The molecule has 0 saturated carbocycles. The maximum atomic E-state index is 13.4. The van der Waals surface area contributed by atoms with Crippen LogP contribution in [0, 0.1) is 12.7 Å². The van der Waals surface area contributed by atoms with Crippen LogP contribution in [0.25, 0.3) is 0 Å². The van der Waals surface area contributed by atoms with E-state index in [1.165, 1.54) is 23.7 Å². The highest BCUT2D eigenvalue weighted by atomic mass is 19.1. The molecule has 0 N–H and O–H groups in total. The van der Waals surface area contributed by atoms with Crippen LogP contribution in [0.3, 0.4) is 0 Å². The number of nitrogens with zero attached hydrogens (tertiary/aromatic N) is 3. The molecule has 1 aromatic heterocycles. The number of halogens is 1. The van der Waals surface area contributed by atoms with Crippen molar-refractivity contribution in [2.45, 2.75) is 44.8 Å². The number of aromatic nitrogens is 2. The third-order valence-corrected chi connectivity index (χ3v) is 4.71. The largest absolute Gasteiger partial charge is 0.289 e. The van der Waals surface area contributed by atoms with Gasteiger partial charge in [0.25, 0.3) is 0 Å². The Labute approximate surface area is 123 Å². The summed E-state index contributed by atoms with van der Waals surface area (Å²) in [6.07, 6.45) is 5.32.